The van der Waals surface area contributed by atoms with Crippen LogP contribution >= 0.6 is 0 Å². The Hall–Kier alpha value is -3.32. The Balaban J connectivity index is 2.11. The lowest BCUT2D eigenvalue weighted by molar-refractivity contribution is -0.114. The zero-order valence-corrected chi connectivity index (χ0v) is 12.4. The molecule has 0 aliphatic heterocycles. The highest BCUT2D eigenvalue weighted by Gasteiger charge is 2.10. The van der Waals surface area contributed by atoms with Crippen molar-refractivity contribution in [2.24, 2.45) is 5.73 Å². The number of carbonyl (C=O) groups excluding carboxylic acids is 1. The van der Waals surface area contributed by atoms with E-state index in [2.05, 4.69) is 16.7 Å². The molecule has 3 rings (SSSR count). The van der Waals surface area contributed by atoms with Gasteiger partial charge in [0.2, 0.25) is 0 Å². The van der Waals surface area contributed by atoms with E-state index >= 15 is 0 Å². The van der Waals surface area contributed by atoms with E-state index in [4.69, 9.17) is 11.0 Å². The van der Waals surface area contributed by atoms with Gasteiger partial charge in [-0.05, 0) is 17.7 Å². The Morgan fingerprint density at radius 2 is 1.83 bits per heavy atom. The summed E-state index contributed by atoms with van der Waals surface area (Å²) in [6.07, 6.45) is 3.49. The number of para-hydroxylation sites is 1. The first-order valence-corrected chi connectivity index (χ1v) is 7.22. The standard InChI is InChI=1S/C19H15N3O/c20-11-15(19(21)23)10-16-13-22(12-14-6-2-1-3-7-14)18-9-5-4-8-17(16)18/h1-10,13H,12H2,(H2,21,23)/b15-10+. The molecule has 0 unspecified atom stereocenters. The topological polar surface area (TPSA) is 71.8 Å². The van der Waals surface area contributed by atoms with Crippen LogP contribution in [-0.2, 0) is 11.3 Å². The summed E-state index contributed by atoms with van der Waals surface area (Å²) >= 11 is 0. The highest BCUT2D eigenvalue weighted by Crippen LogP contribution is 2.24. The largest absolute Gasteiger partial charge is 0.365 e. The predicted octanol–water partition coefficient (Wildman–Crippen LogP) is 3.08. The first-order chi connectivity index (χ1) is 11.2. The molecule has 1 aromatic heterocycles. The lowest BCUT2D eigenvalue weighted by atomic mass is 10.1. The molecule has 4 heteroatoms. The first kappa shape index (κ1) is 14.6. The molecule has 1 heterocycles. The molecule has 0 radical (unpaired) electrons. The van der Waals surface area contributed by atoms with Crippen LogP contribution < -0.4 is 5.73 Å². The second-order valence-electron chi connectivity index (χ2n) is 5.25. The number of carbonyl (C=O) groups is 1. The minimum atomic E-state index is -0.715. The maximum absolute atomic E-state index is 11.3. The van der Waals surface area contributed by atoms with Gasteiger partial charge in [-0.25, -0.2) is 0 Å². The number of hydrogen-bond acceptors (Lipinski definition) is 2. The SMILES string of the molecule is N#C/C(=C\c1cn(Cc2ccccc2)c2ccccc12)C(N)=O. The number of nitrogens with two attached hydrogens (primary N) is 1. The molecule has 0 aliphatic rings. The summed E-state index contributed by atoms with van der Waals surface area (Å²) in [6, 6.07) is 19.9. The lowest BCUT2D eigenvalue weighted by Gasteiger charge is -2.05. The highest BCUT2D eigenvalue weighted by molar-refractivity contribution is 6.03. The van der Waals surface area contributed by atoms with Crippen LogP contribution in [-0.4, -0.2) is 10.5 Å². The van der Waals surface area contributed by atoms with Crippen LogP contribution in [0.2, 0.25) is 0 Å². The van der Waals surface area contributed by atoms with Gasteiger partial charge in [-0.15, -0.1) is 0 Å². The molecule has 0 atom stereocenters. The fourth-order valence-corrected chi connectivity index (χ4v) is 2.62. The van der Waals surface area contributed by atoms with Crippen LogP contribution in [0.4, 0.5) is 0 Å². The van der Waals surface area contributed by atoms with Gasteiger partial charge < -0.3 is 10.3 Å². The van der Waals surface area contributed by atoms with Gasteiger partial charge in [0.25, 0.3) is 5.91 Å². The van der Waals surface area contributed by atoms with Gasteiger partial charge in [-0.2, -0.15) is 5.26 Å². The molecule has 3 aromatic rings. The Morgan fingerprint density at radius 3 is 2.52 bits per heavy atom. The van der Waals surface area contributed by atoms with Crippen LogP contribution in [0, 0.1) is 11.3 Å². The fourth-order valence-electron chi connectivity index (χ4n) is 2.62. The number of aromatic nitrogens is 1. The van der Waals surface area contributed by atoms with Gasteiger partial charge in [-0.1, -0.05) is 48.5 Å². The lowest BCUT2D eigenvalue weighted by Crippen LogP contribution is -2.12. The molecule has 2 aromatic carbocycles. The number of benzene rings is 2. The van der Waals surface area contributed by atoms with Gasteiger partial charge in [0.05, 0.1) is 0 Å². The molecule has 0 bridgehead atoms. The van der Waals surface area contributed by atoms with Crippen LogP contribution in [0.1, 0.15) is 11.1 Å². The monoisotopic (exact) mass is 301 g/mol. The summed E-state index contributed by atoms with van der Waals surface area (Å²) in [6.45, 7) is 0.716. The second-order valence-corrected chi connectivity index (χ2v) is 5.25. The Bertz CT molecular complexity index is 930. The quantitative estimate of drug-likeness (QED) is 0.594. The number of amides is 1. The third-order valence-corrected chi connectivity index (χ3v) is 3.70. The number of primary amides is 1. The van der Waals surface area contributed by atoms with Gasteiger partial charge >= 0.3 is 0 Å². The van der Waals surface area contributed by atoms with Gasteiger partial charge in [0.15, 0.2) is 0 Å². The highest BCUT2D eigenvalue weighted by atomic mass is 16.1. The summed E-state index contributed by atoms with van der Waals surface area (Å²) in [5.41, 5.74) is 8.22. The maximum atomic E-state index is 11.3. The molecule has 0 saturated heterocycles. The Kier molecular flexibility index (Phi) is 3.94. The third kappa shape index (κ3) is 2.99. The van der Waals surface area contributed by atoms with E-state index in [0.29, 0.717) is 6.54 Å². The molecule has 0 spiro atoms. The summed E-state index contributed by atoms with van der Waals surface area (Å²) in [5.74, 6) is -0.715. The van der Waals surface area contributed by atoms with Crippen molar-refractivity contribution in [3.8, 4) is 6.07 Å². The minimum Gasteiger partial charge on any atom is -0.365 e. The van der Waals surface area contributed by atoms with Crippen molar-refractivity contribution in [1.29, 1.82) is 5.26 Å². The smallest absolute Gasteiger partial charge is 0.259 e. The molecule has 23 heavy (non-hydrogen) atoms. The van der Waals surface area contributed by atoms with Gasteiger partial charge in [-0.3, -0.25) is 4.79 Å². The van der Waals surface area contributed by atoms with Crippen molar-refractivity contribution in [1.82, 2.24) is 4.57 Å². The number of nitrogens with zero attached hydrogens (tertiary/aromatic N) is 2. The molecule has 0 saturated carbocycles. The average molecular weight is 301 g/mol. The molecule has 4 nitrogen and oxygen atoms in total. The summed E-state index contributed by atoms with van der Waals surface area (Å²) in [7, 11) is 0. The van der Waals surface area contributed by atoms with Crippen molar-refractivity contribution in [3.63, 3.8) is 0 Å². The maximum Gasteiger partial charge on any atom is 0.259 e. The zero-order chi connectivity index (χ0) is 16.2. The third-order valence-electron chi connectivity index (χ3n) is 3.70. The molecule has 0 aliphatic carbocycles. The van der Waals surface area contributed by atoms with E-state index in [9.17, 15) is 4.79 Å². The van der Waals surface area contributed by atoms with E-state index in [1.807, 2.05) is 54.7 Å². The van der Waals surface area contributed by atoms with Crippen molar-refractivity contribution in [2.45, 2.75) is 6.54 Å². The van der Waals surface area contributed by atoms with Gasteiger partial charge in [0.1, 0.15) is 11.6 Å². The molecular weight excluding hydrogens is 286 g/mol. The predicted molar refractivity (Wildman–Crippen MR) is 90.3 cm³/mol. The number of nitriles is 1. The van der Waals surface area contributed by atoms with Crippen molar-refractivity contribution >= 4 is 22.9 Å². The zero-order valence-electron chi connectivity index (χ0n) is 12.4. The van der Waals surface area contributed by atoms with E-state index < -0.39 is 5.91 Å². The Morgan fingerprint density at radius 1 is 1.13 bits per heavy atom. The first-order valence-electron chi connectivity index (χ1n) is 7.22. The van der Waals surface area contributed by atoms with Gasteiger partial charge in [0, 0.05) is 29.2 Å². The minimum absolute atomic E-state index is 0.0485. The van der Waals surface area contributed by atoms with Crippen LogP contribution in [0.25, 0.3) is 17.0 Å². The van der Waals surface area contributed by atoms with Crippen molar-refractivity contribution < 1.29 is 4.79 Å². The van der Waals surface area contributed by atoms with Crippen LogP contribution in [0.5, 0.6) is 0 Å². The van der Waals surface area contributed by atoms with Crippen molar-refractivity contribution in [3.05, 3.63) is 77.5 Å². The normalized spacial score (nSPS) is 11.3. The summed E-state index contributed by atoms with van der Waals surface area (Å²) in [4.78, 5) is 11.3. The molecule has 112 valence electrons. The second kappa shape index (κ2) is 6.20. The van der Waals surface area contributed by atoms with E-state index in [1.54, 1.807) is 6.08 Å². The molecule has 1 amide bonds. The number of fused-ring (bicyclic) bond motifs is 1. The fraction of sp³-hybridized carbons (Fsp3) is 0.0526. The van der Waals surface area contributed by atoms with E-state index in [-0.39, 0.29) is 5.57 Å². The molecule has 2 N–H and O–H groups in total. The number of hydrogen-bond donors (Lipinski definition) is 1. The van der Waals surface area contributed by atoms with Crippen LogP contribution in [0.3, 0.4) is 0 Å². The van der Waals surface area contributed by atoms with Crippen LogP contribution in [0.15, 0.2) is 66.4 Å². The molecular formula is C19H15N3O. The summed E-state index contributed by atoms with van der Waals surface area (Å²) in [5, 5.41) is 10.0. The van der Waals surface area contributed by atoms with E-state index in [0.717, 1.165) is 16.5 Å². The summed E-state index contributed by atoms with van der Waals surface area (Å²) < 4.78 is 2.10. The van der Waals surface area contributed by atoms with E-state index in [1.165, 1.54) is 5.56 Å². The molecule has 0 fully saturated rings. The number of rotatable bonds is 4. The van der Waals surface area contributed by atoms with Crippen molar-refractivity contribution in [2.75, 3.05) is 0 Å². The average Bonchev–Trinajstić information content (AvgIpc) is 2.91. The Labute approximate surface area is 134 Å².